The summed E-state index contributed by atoms with van der Waals surface area (Å²) in [7, 11) is 0. The highest BCUT2D eigenvalue weighted by atomic mass is 35.5. The first-order valence-electron chi connectivity index (χ1n) is 5.90. The summed E-state index contributed by atoms with van der Waals surface area (Å²) in [6.45, 7) is 3.68. The largest absolute Gasteiger partial charge is 1.00 e. The number of nitrogens with zero attached hydrogens (tertiary/aromatic N) is 2. The lowest BCUT2D eigenvalue weighted by atomic mass is 10.1. The van der Waals surface area contributed by atoms with E-state index in [0.717, 1.165) is 51.9 Å². The van der Waals surface area contributed by atoms with E-state index < -0.39 is 0 Å². The van der Waals surface area contributed by atoms with Gasteiger partial charge in [0.2, 0.25) is 0 Å². The molecular formula is C11H20ClFN2. The zero-order chi connectivity index (χ0) is 9.80. The highest BCUT2D eigenvalue weighted by Crippen LogP contribution is 2.12. The Morgan fingerprint density at radius 2 is 1.40 bits per heavy atom. The molecule has 0 radical (unpaired) electrons. The second kappa shape index (κ2) is 6.31. The molecule has 0 bridgehead atoms. The predicted octanol–water partition coefficient (Wildman–Crippen LogP) is -1.00. The third kappa shape index (κ3) is 3.33. The Labute approximate surface area is 97.6 Å². The van der Waals surface area contributed by atoms with Crippen LogP contribution in [-0.2, 0) is 0 Å². The molecule has 0 aliphatic carbocycles. The highest BCUT2D eigenvalue weighted by molar-refractivity contribution is 5.67. The lowest BCUT2D eigenvalue weighted by molar-refractivity contribution is -0.547. The van der Waals surface area contributed by atoms with Crippen LogP contribution in [0.15, 0.2) is 0 Å². The molecule has 0 saturated carbocycles. The maximum Gasteiger partial charge on any atom is 0.435 e. The molecule has 2 fully saturated rings. The third-order valence-corrected chi connectivity index (χ3v) is 3.23. The van der Waals surface area contributed by atoms with Crippen molar-refractivity contribution >= 4 is 6.09 Å². The van der Waals surface area contributed by atoms with Crippen LogP contribution in [0.25, 0.3) is 0 Å². The summed E-state index contributed by atoms with van der Waals surface area (Å²) >= 11 is 0. The number of likely N-dealkylation sites (tertiary alicyclic amines) is 1. The minimum absolute atomic E-state index is 0. The van der Waals surface area contributed by atoms with Gasteiger partial charge in [-0.15, -0.1) is 4.39 Å². The molecule has 2 aliphatic rings. The Bertz CT molecular complexity index is 217. The zero-order valence-electron chi connectivity index (χ0n) is 9.22. The van der Waals surface area contributed by atoms with Gasteiger partial charge in [0.25, 0.3) is 0 Å². The van der Waals surface area contributed by atoms with Crippen LogP contribution in [0.1, 0.15) is 38.5 Å². The molecule has 0 aromatic heterocycles. The maximum absolute atomic E-state index is 13.9. The second-order valence-corrected chi connectivity index (χ2v) is 4.36. The molecule has 88 valence electrons. The SMILES string of the molecule is FC(N1CCCCC1)=[N+]1CCCCC1.[Cl-]. The summed E-state index contributed by atoms with van der Waals surface area (Å²) in [5.41, 5.74) is 0. The van der Waals surface area contributed by atoms with Gasteiger partial charge < -0.3 is 12.4 Å². The fourth-order valence-electron chi connectivity index (χ4n) is 2.36. The highest BCUT2D eigenvalue weighted by Gasteiger charge is 2.25. The fourth-order valence-corrected chi connectivity index (χ4v) is 2.36. The van der Waals surface area contributed by atoms with E-state index in [1.165, 1.54) is 12.8 Å². The Morgan fingerprint density at radius 3 is 2.00 bits per heavy atom. The zero-order valence-corrected chi connectivity index (χ0v) is 9.98. The minimum atomic E-state index is 0. The summed E-state index contributed by atoms with van der Waals surface area (Å²) in [6, 6.07) is 0. The molecule has 2 saturated heterocycles. The molecule has 0 spiro atoms. The van der Waals surface area contributed by atoms with E-state index >= 15 is 0 Å². The molecule has 0 N–H and O–H groups in total. The van der Waals surface area contributed by atoms with E-state index in [-0.39, 0.29) is 18.5 Å². The minimum Gasteiger partial charge on any atom is -1.00 e. The topological polar surface area (TPSA) is 6.25 Å². The van der Waals surface area contributed by atoms with Gasteiger partial charge in [0.15, 0.2) is 0 Å². The van der Waals surface area contributed by atoms with Gasteiger partial charge in [-0.3, -0.25) is 0 Å². The van der Waals surface area contributed by atoms with E-state index in [1.807, 2.05) is 9.48 Å². The molecule has 2 nitrogen and oxygen atoms in total. The average Bonchev–Trinajstić information content (AvgIpc) is 2.30. The van der Waals surface area contributed by atoms with Gasteiger partial charge in [0, 0.05) is 0 Å². The number of amidine groups is 1. The van der Waals surface area contributed by atoms with Crippen LogP contribution >= 0.6 is 0 Å². The van der Waals surface area contributed by atoms with Crippen LogP contribution in [0.2, 0.25) is 0 Å². The summed E-state index contributed by atoms with van der Waals surface area (Å²) in [4.78, 5) is 1.93. The smallest absolute Gasteiger partial charge is 0.435 e. The van der Waals surface area contributed by atoms with Crippen molar-refractivity contribution in [3.05, 3.63) is 0 Å². The van der Waals surface area contributed by atoms with Crippen molar-refractivity contribution in [2.75, 3.05) is 26.2 Å². The first kappa shape index (κ1) is 12.8. The van der Waals surface area contributed by atoms with Gasteiger partial charge >= 0.3 is 6.09 Å². The first-order valence-corrected chi connectivity index (χ1v) is 5.90. The van der Waals surface area contributed by atoms with Gasteiger partial charge in [-0.1, -0.05) is 0 Å². The number of hydrogen-bond donors (Lipinski definition) is 0. The van der Waals surface area contributed by atoms with Crippen molar-refractivity contribution in [2.45, 2.75) is 38.5 Å². The van der Waals surface area contributed by atoms with E-state index in [4.69, 9.17) is 0 Å². The lowest BCUT2D eigenvalue weighted by Gasteiger charge is -2.22. The lowest BCUT2D eigenvalue weighted by Crippen LogP contribution is -3.00. The van der Waals surface area contributed by atoms with Crippen LogP contribution in [0.3, 0.4) is 0 Å². The van der Waals surface area contributed by atoms with E-state index in [0.29, 0.717) is 0 Å². The van der Waals surface area contributed by atoms with Crippen LogP contribution in [0.4, 0.5) is 4.39 Å². The van der Waals surface area contributed by atoms with Crippen molar-refractivity contribution < 1.29 is 21.4 Å². The van der Waals surface area contributed by atoms with Crippen molar-refractivity contribution in [3.8, 4) is 0 Å². The Kier molecular flexibility index (Phi) is 5.37. The maximum atomic E-state index is 13.9. The summed E-state index contributed by atoms with van der Waals surface area (Å²) in [5, 5.41) is 0. The molecule has 4 heteroatoms. The molecule has 2 rings (SSSR count). The molecule has 2 heterocycles. The average molecular weight is 235 g/mol. The second-order valence-electron chi connectivity index (χ2n) is 4.36. The summed E-state index contributed by atoms with van der Waals surface area (Å²) in [6.07, 6.45) is 7.20. The van der Waals surface area contributed by atoms with Crippen molar-refractivity contribution in [2.24, 2.45) is 0 Å². The van der Waals surface area contributed by atoms with Crippen LogP contribution in [0, 0.1) is 0 Å². The molecule has 15 heavy (non-hydrogen) atoms. The fraction of sp³-hybridized carbons (Fsp3) is 0.909. The summed E-state index contributed by atoms with van der Waals surface area (Å²) in [5.74, 6) is 0. The Hall–Kier alpha value is -0.310. The standard InChI is InChI=1S/C11H20FN2.ClH/c12-11(13-7-3-1-4-8-13)14-9-5-2-6-10-14;/h1-10H2;1H/q+1;/p-1. The van der Waals surface area contributed by atoms with Crippen molar-refractivity contribution in [1.29, 1.82) is 0 Å². The quantitative estimate of drug-likeness (QED) is 0.296. The molecule has 0 unspecified atom stereocenters. The predicted molar refractivity (Wildman–Crippen MR) is 55.4 cm³/mol. The Morgan fingerprint density at radius 1 is 0.867 bits per heavy atom. The van der Waals surface area contributed by atoms with Crippen molar-refractivity contribution in [1.82, 2.24) is 4.90 Å². The molecule has 2 aliphatic heterocycles. The molecule has 0 aromatic rings. The van der Waals surface area contributed by atoms with Gasteiger partial charge in [-0.2, -0.15) is 0 Å². The van der Waals surface area contributed by atoms with Gasteiger partial charge in [-0.05, 0) is 38.5 Å². The van der Waals surface area contributed by atoms with E-state index in [2.05, 4.69) is 0 Å². The van der Waals surface area contributed by atoms with Crippen LogP contribution in [-0.4, -0.2) is 41.7 Å². The number of piperidine rings is 2. The third-order valence-electron chi connectivity index (χ3n) is 3.23. The monoisotopic (exact) mass is 234 g/mol. The van der Waals surface area contributed by atoms with Gasteiger partial charge in [0.05, 0.1) is 26.2 Å². The molecule has 0 atom stereocenters. The number of halogens is 2. The van der Waals surface area contributed by atoms with E-state index in [1.54, 1.807) is 0 Å². The van der Waals surface area contributed by atoms with Gasteiger partial charge in [0.1, 0.15) is 0 Å². The Balaban J connectivity index is 0.00000112. The van der Waals surface area contributed by atoms with Crippen LogP contribution in [0.5, 0.6) is 0 Å². The number of hydrogen-bond acceptors (Lipinski definition) is 0. The normalized spacial score (nSPS) is 22.2. The van der Waals surface area contributed by atoms with Crippen LogP contribution < -0.4 is 12.4 Å². The van der Waals surface area contributed by atoms with Gasteiger partial charge in [-0.25, -0.2) is 9.48 Å². The summed E-state index contributed by atoms with van der Waals surface area (Å²) < 4.78 is 15.9. The number of rotatable bonds is 0. The first-order chi connectivity index (χ1) is 6.88. The van der Waals surface area contributed by atoms with E-state index in [9.17, 15) is 4.39 Å². The molecule has 0 aromatic carbocycles. The molecule has 0 amide bonds. The molecular weight excluding hydrogens is 215 g/mol. The van der Waals surface area contributed by atoms with Crippen molar-refractivity contribution in [3.63, 3.8) is 0 Å².